The fraction of sp³-hybridized carbons (Fsp3) is 0.250. The van der Waals surface area contributed by atoms with Gasteiger partial charge in [-0.3, -0.25) is 4.79 Å². The molecule has 2 heterocycles. The number of hydrogen-bond donors (Lipinski definition) is 0. The number of anilines is 1. The number of halogens is 2. The predicted octanol–water partition coefficient (Wildman–Crippen LogP) is 4.67. The first-order valence-corrected chi connectivity index (χ1v) is 8.97. The zero-order valence-electron chi connectivity index (χ0n) is 14.9. The van der Waals surface area contributed by atoms with Crippen LogP contribution in [0.3, 0.4) is 0 Å². The SMILES string of the molecule is Cc1ccc(-c2nc(C3CC(=O)N(c4cccc(Cl)c4F)C3)no2)cc1C. The van der Waals surface area contributed by atoms with E-state index in [4.69, 9.17) is 16.1 Å². The highest BCUT2D eigenvalue weighted by Gasteiger charge is 2.36. The van der Waals surface area contributed by atoms with Crippen LogP contribution in [0.2, 0.25) is 5.02 Å². The van der Waals surface area contributed by atoms with Crippen LogP contribution in [0.25, 0.3) is 11.5 Å². The molecule has 5 nitrogen and oxygen atoms in total. The van der Waals surface area contributed by atoms with Crippen LogP contribution in [0.15, 0.2) is 40.9 Å². The maximum absolute atomic E-state index is 14.3. The summed E-state index contributed by atoms with van der Waals surface area (Å²) in [6.45, 7) is 4.33. The third-order valence-electron chi connectivity index (χ3n) is 4.91. The Hall–Kier alpha value is -2.73. The van der Waals surface area contributed by atoms with Crippen molar-refractivity contribution in [3.63, 3.8) is 0 Å². The maximum atomic E-state index is 14.3. The van der Waals surface area contributed by atoms with Gasteiger partial charge in [-0.1, -0.05) is 28.9 Å². The van der Waals surface area contributed by atoms with E-state index in [1.54, 1.807) is 6.07 Å². The number of carbonyl (C=O) groups is 1. The summed E-state index contributed by atoms with van der Waals surface area (Å²) in [5.41, 5.74) is 3.32. The van der Waals surface area contributed by atoms with Gasteiger partial charge in [0.2, 0.25) is 5.91 Å². The number of rotatable bonds is 3. The zero-order valence-corrected chi connectivity index (χ0v) is 15.6. The minimum Gasteiger partial charge on any atom is -0.334 e. The van der Waals surface area contributed by atoms with Crippen LogP contribution < -0.4 is 4.90 Å². The molecule has 0 radical (unpaired) electrons. The molecule has 1 amide bonds. The van der Waals surface area contributed by atoms with Crippen molar-refractivity contribution < 1.29 is 13.7 Å². The molecule has 0 aliphatic carbocycles. The van der Waals surface area contributed by atoms with Gasteiger partial charge in [0.25, 0.3) is 5.89 Å². The lowest BCUT2D eigenvalue weighted by Gasteiger charge is -2.17. The minimum absolute atomic E-state index is 0.0136. The zero-order chi connectivity index (χ0) is 19.1. The monoisotopic (exact) mass is 385 g/mol. The highest BCUT2D eigenvalue weighted by Crippen LogP contribution is 2.34. The predicted molar refractivity (Wildman–Crippen MR) is 100 cm³/mol. The Balaban J connectivity index is 1.59. The summed E-state index contributed by atoms with van der Waals surface area (Å²) in [5, 5.41) is 4.03. The quantitative estimate of drug-likeness (QED) is 0.657. The van der Waals surface area contributed by atoms with E-state index < -0.39 is 5.82 Å². The number of aromatic nitrogens is 2. The molecule has 0 bridgehead atoms. The first kappa shape index (κ1) is 17.7. The molecule has 0 N–H and O–H groups in total. The second kappa shape index (κ2) is 6.78. The van der Waals surface area contributed by atoms with Crippen LogP contribution in [0, 0.1) is 19.7 Å². The molecule has 1 unspecified atom stereocenters. The Morgan fingerprint density at radius 2 is 2.04 bits per heavy atom. The highest BCUT2D eigenvalue weighted by atomic mass is 35.5. The number of nitrogens with zero attached hydrogens (tertiary/aromatic N) is 3. The highest BCUT2D eigenvalue weighted by molar-refractivity contribution is 6.31. The second-order valence-electron chi connectivity index (χ2n) is 6.74. The van der Waals surface area contributed by atoms with E-state index in [-0.39, 0.29) is 35.5 Å². The third kappa shape index (κ3) is 3.21. The summed E-state index contributed by atoms with van der Waals surface area (Å²) in [4.78, 5) is 18.3. The lowest BCUT2D eigenvalue weighted by atomic mass is 10.1. The first-order chi connectivity index (χ1) is 12.9. The van der Waals surface area contributed by atoms with E-state index in [0.29, 0.717) is 11.7 Å². The minimum atomic E-state index is -0.600. The van der Waals surface area contributed by atoms with Crippen LogP contribution in [0.5, 0.6) is 0 Å². The molecular formula is C20H17ClFN3O2. The van der Waals surface area contributed by atoms with Crippen LogP contribution in [-0.4, -0.2) is 22.6 Å². The lowest BCUT2D eigenvalue weighted by Crippen LogP contribution is -2.25. The Morgan fingerprint density at radius 1 is 1.22 bits per heavy atom. The third-order valence-corrected chi connectivity index (χ3v) is 5.20. The summed E-state index contributed by atoms with van der Waals surface area (Å²) in [5.74, 6) is -0.204. The van der Waals surface area contributed by atoms with Crippen LogP contribution in [0.4, 0.5) is 10.1 Å². The van der Waals surface area contributed by atoms with E-state index in [1.807, 2.05) is 32.0 Å². The molecule has 1 saturated heterocycles. The molecule has 1 fully saturated rings. The van der Waals surface area contributed by atoms with Crippen molar-refractivity contribution in [1.29, 1.82) is 0 Å². The van der Waals surface area contributed by atoms with E-state index in [0.717, 1.165) is 11.1 Å². The van der Waals surface area contributed by atoms with E-state index in [9.17, 15) is 9.18 Å². The van der Waals surface area contributed by atoms with E-state index >= 15 is 0 Å². The van der Waals surface area contributed by atoms with Gasteiger partial charge >= 0.3 is 0 Å². The molecule has 1 aliphatic rings. The van der Waals surface area contributed by atoms with Crippen LogP contribution in [-0.2, 0) is 4.79 Å². The molecule has 7 heteroatoms. The number of amides is 1. The van der Waals surface area contributed by atoms with Gasteiger partial charge in [-0.05, 0) is 49.2 Å². The van der Waals surface area contributed by atoms with Crippen molar-refractivity contribution in [3.8, 4) is 11.5 Å². The van der Waals surface area contributed by atoms with Crippen molar-refractivity contribution in [2.45, 2.75) is 26.2 Å². The standard InChI is InChI=1S/C20H17ClFN3O2/c1-11-6-7-13(8-12(11)2)20-23-19(24-27-20)14-9-17(26)25(10-14)16-5-3-4-15(21)18(16)22/h3-8,14H,9-10H2,1-2H3. The Labute approximate surface area is 160 Å². The van der Waals surface area contributed by atoms with Crippen LogP contribution >= 0.6 is 11.6 Å². The van der Waals surface area contributed by atoms with Crippen molar-refractivity contribution in [3.05, 3.63) is 64.2 Å². The van der Waals surface area contributed by atoms with Crippen molar-refractivity contribution in [2.75, 3.05) is 11.4 Å². The second-order valence-corrected chi connectivity index (χ2v) is 7.14. The van der Waals surface area contributed by atoms with Gasteiger partial charge in [-0.2, -0.15) is 4.98 Å². The summed E-state index contributed by atoms with van der Waals surface area (Å²) in [6.07, 6.45) is 0.192. The molecule has 0 saturated carbocycles. The molecule has 27 heavy (non-hydrogen) atoms. The van der Waals surface area contributed by atoms with Gasteiger partial charge in [0.15, 0.2) is 11.6 Å². The van der Waals surface area contributed by atoms with Gasteiger partial charge < -0.3 is 9.42 Å². The lowest BCUT2D eigenvalue weighted by molar-refractivity contribution is -0.117. The molecule has 1 aromatic heterocycles. The van der Waals surface area contributed by atoms with Crippen molar-refractivity contribution in [1.82, 2.24) is 10.1 Å². The molecule has 4 rings (SSSR count). The van der Waals surface area contributed by atoms with E-state index in [1.165, 1.54) is 22.6 Å². The molecule has 0 spiro atoms. The van der Waals surface area contributed by atoms with Gasteiger partial charge in [-0.15, -0.1) is 0 Å². The Bertz CT molecular complexity index is 1030. The summed E-state index contributed by atoms with van der Waals surface area (Å²) in [7, 11) is 0. The number of hydrogen-bond acceptors (Lipinski definition) is 4. The molecule has 1 aliphatic heterocycles. The number of benzene rings is 2. The molecular weight excluding hydrogens is 369 g/mol. The van der Waals surface area contributed by atoms with Gasteiger partial charge in [0, 0.05) is 24.4 Å². The van der Waals surface area contributed by atoms with Gasteiger partial charge in [0.05, 0.1) is 10.7 Å². The summed E-state index contributed by atoms with van der Waals surface area (Å²) < 4.78 is 19.7. The molecule has 3 aromatic rings. The largest absolute Gasteiger partial charge is 0.334 e. The van der Waals surface area contributed by atoms with Crippen molar-refractivity contribution >= 4 is 23.2 Å². The Morgan fingerprint density at radius 3 is 2.81 bits per heavy atom. The Kier molecular flexibility index (Phi) is 4.44. The normalized spacial score (nSPS) is 17.0. The van der Waals surface area contributed by atoms with E-state index in [2.05, 4.69) is 10.1 Å². The van der Waals surface area contributed by atoms with Gasteiger partial charge in [0.1, 0.15) is 0 Å². The summed E-state index contributed by atoms with van der Waals surface area (Å²) >= 11 is 5.84. The first-order valence-electron chi connectivity index (χ1n) is 8.59. The summed E-state index contributed by atoms with van der Waals surface area (Å²) in [6, 6.07) is 10.5. The topological polar surface area (TPSA) is 59.2 Å². The molecule has 138 valence electrons. The smallest absolute Gasteiger partial charge is 0.257 e. The number of carbonyl (C=O) groups excluding carboxylic acids is 1. The van der Waals surface area contributed by atoms with Gasteiger partial charge in [-0.25, -0.2) is 4.39 Å². The average Bonchev–Trinajstić information content (AvgIpc) is 3.27. The number of aryl methyl sites for hydroxylation is 2. The maximum Gasteiger partial charge on any atom is 0.257 e. The molecule has 1 atom stereocenters. The molecule has 2 aromatic carbocycles. The fourth-order valence-electron chi connectivity index (χ4n) is 3.21. The van der Waals surface area contributed by atoms with Crippen LogP contribution in [0.1, 0.15) is 29.3 Å². The van der Waals surface area contributed by atoms with Crippen molar-refractivity contribution in [2.24, 2.45) is 0 Å². The fourth-order valence-corrected chi connectivity index (χ4v) is 3.38. The average molecular weight is 386 g/mol.